The minimum Gasteiger partial charge on any atom is -0.506 e. The third-order valence-electron chi connectivity index (χ3n) is 4.15. The number of benzene rings is 3. The lowest BCUT2D eigenvalue weighted by molar-refractivity contribution is 0.0472. The first-order chi connectivity index (χ1) is 12.0. The van der Waals surface area contributed by atoms with E-state index in [1.54, 1.807) is 24.3 Å². The molecule has 0 unspecified atom stereocenters. The molecule has 126 valence electrons. The number of hydrogen-bond acceptors (Lipinski definition) is 4. The molecule has 4 nitrogen and oxygen atoms in total. The van der Waals surface area contributed by atoms with E-state index in [4.69, 9.17) is 4.74 Å². The molecule has 0 bridgehead atoms. The summed E-state index contributed by atoms with van der Waals surface area (Å²) in [4.78, 5) is 24.6. The molecule has 4 heteroatoms. The van der Waals surface area contributed by atoms with E-state index in [1.165, 1.54) is 6.07 Å². The minimum atomic E-state index is -0.720. The van der Waals surface area contributed by atoms with Gasteiger partial charge in [-0.25, -0.2) is 4.79 Å². The van der Waals surface area contributed by atoms with Gasteiger partial charge in [0.2, 0.25) is 5.78 Å². The minimum absolute atomic E-state index is 0.0486. The summed E-state index contributed by atoms with van der Waals surface area (Å²) in [5.74, 6) is -1.13. The van der Waals surface area contributed by atoms with Crippen LogP contribution >= 0.6 is 0 Å². The highest BCUT2D eigenvalue weighted by Gasteiger charge is 2.17. The zero-order valence-corrected chi connectivity index (χ0v) is 14.1. The molecular formula is C21H18O4. The number of esters is 1. The average molecular weight is 334 g/mol. The van der Waals surface area contributed by atoms with Crippen LogP contribution in [0.3, 0.4) is 0 Å². The number of hydrogen-bond donors (Lipinski definition) is 1. The summed E-state index contributed by atoms with van der Waals surface area (Å²) in [6.45, 7) is 3.37. The highest BCUT2D eigenvalue weighted by atomic mass is 16.5. The summed E-state index contributed by atoms with van der Waals surface area (Å²) in [6, 6.07) is 16.0. The van der Waals surface area contributed by atoms with Gasteiger partial charge in [0, 0.05) is 10.9 Å². The van der Waals surface area contributed by atoms with Gasteiger partial charge in [-0.3, -0.25) is 4.79 Å². The van der Waals surface area contributed by atoms with E-state index in [2.05, 4.69) is 0 Å². The van der Waals surface area contributed by atoms with Crippen LogP contribution in [0.25, 0.3) is 10.8 Å². The average Bonchev–Trinajstić information content (AvgIpc) is 2.62. The molecule has 0 saturated heterocycles. The van der Waals surface area contributed by atoms with Gasteiger partial charge < -0.3 is 9.84 Å². The van der Waals surface area contributed by atoms with Crippen molar-refractivity contribution in [2.45, 2.75) is 13.8 Å². The second kappa shape index (κ2) is 6.77. The Morgan fingerprint density at radius 3 is 2.52 bits per heavy atom. The van der Waals surface area contributed by atoms with Gasteiger partial charge in [-0.05, 0) is 36.9 Å². The number of phenolic OH excluding ortho intramolecular Hbond substituents is 1. The van der Waals surface area contributed by atoms with Crippen LogP contribution in [0.15, 0.2) is 54.6 Å². The molecule has 25 heavy (non-hydrogen) atoms. The van der Waals surface area contributed by atoms with E-state index in [-0.39, 0.29) is 23.7 Å². The van der Waals surface area contributed by atoms with Crippen molar-refractivity contribution in [3.05, 3.63) is 76.9 Å². The number of Topliss-reactive ketones (excluding diaryl/α,β-unsaturated/α-hetero) is 1. The van der Waals surface area contributed by atoms with Gasteiger partial charge in [0.15, 0.2) is 6.61 Å². The number of aromatic hydroxyl groups is 1. The number of phenols is 1. The monoisotopic (exact) mass is 334 g/mol. The predicted molar refractivity (Wildman–Crippen MR) is 96.1 cm³/mol. The summed E-state index contributed by atoms with van der Waals surface area (Å²) in [5.41, 5.74) is 2.38. The van der Waals surface area contributed by atoms with E-state index < -0.39 is 5.97 Å². The molecule has 0 heterocycles. The lowest BCUT2D eigenvalue weighted by atomic mass is 10.0. The van der Waals surface area contributed by atoms with Crippen molar-refractivity contribution in [2.24, 2.45) is 0 Å². The molecule has 0 atom stereocenters. The van der Waals surface area contributed by atoms with Gasteiger partial charge in [0.25, 0.3) is 0 Å². The molecule has 0 saturated carbocycles. The van der Waals surface area contributed by atoms with Crippen LogP contribution in [-0.2, 0) is 4.74 Å². The number of carbonyl (C=O) groups excluding carboxylic acids is 2. The van der Waals surface area contributed by atoms with Crippen LogP contribution in [-0.4, -0.2) is 23.5 Å². The highest BCUT2D eigenvalue weighted by molar-refractivity contribution is 6.03. The second-order valence-electron chi connectivity index (χ2n) is 6.00. The van der Waals surface area contributed by atoms with Crippen LogP contribution in [0.5, 0.6) is 5.75 Å². The largest absolute Gasteiger partial charge is 0.506 e. The van der Waals surface area contributed by atoms with Crippen LogP contribution in [0, 0.1) is 13.8 Å². The first-order valence-electron chi connectivity index (χ1n) is 7.95. The Labute approximate surface area is 145 Å². The molecule has 0 aliphatic carbocycles. The Kier molecular flexibility index (Phi) is 4.52. The first kappa shape index (κ1) is 16.7. The number of carbonyl (C=O) groups is 2. The Morgan fingerprint density at radius 2 is 1.72 bits per heavy atom. The zero-order valence-electron chi connectivity index (χ0n) is 14.1. The third-order valence-corrected chi connectivity index (χ3v) is 4.15. The summed E-state index contributed by atoms with van der Waals surface area (Å²) in [5, 5.41) is 11.7. The lowest BCUT2D eigenvalue weighted by Gasteiger charge is -2.09. The van der Waals surface area contributed by atoms with Gasteiger partial charge in [0.05, 0.1) is 0 Å². The summed E-state index contributed by atoms with van der Waals surface area (Å²) in [7, 11) is 0. The maximum Gasteiger partial charge on any atom is 0.342 e. The Bertz CT molecular complexity index is 973. The van der Waals surface area contributed by atoms with Gasteiger partial charge >= 0.3 is 5.97 Å². The molecule has 3 aromatic rings. The van der Waals surface area contributed by atoms with E-state index in [9.17, 15) is 14.7 Å². The fourth-order valence-electron chi connectivity index (χ4n) is 2.74. The molecule has 0 spiro atoms. The first-order valence-corrected chi connectivity index (χ1v) is 7.95. The topological polar surface area (TPSA) is 63.6 Å². The Hall–Kier alpha value is -3.14. The van der Waals surface area contributed by atoms with Crippen LogP contribution < -0.4 is 0 Å². The maximum absolute atomic E-state index is 12.3. The second-order valence-corrected chi connectivity index (χ2v) is 6.00. The fraction of sp³-hybridized carbons (Fsp3) is 0.143. The molecule has 3 aromatic carbocycles. The molecule has 0 radical (unpaired) electrons. The number of ketones is 1. The lowest BCUT2D eigenvalue weighted by Crippen LogP contribution is -2.15. The van der Waals surface area contributed by atoms with E-state index in [1.807, 2.05) is 38.1 Å². The predicted octanol–water partition coefficient (Wildman–Crippen LogP) is 4.20. The van der Waals surface area contributed by atoms with E-state index in [0.717, 1.165) is 16.5 Å². The van der Waals surface area contributed by atoms with Crippen molar-refractivity contribution in [1.29, 1.82) is 0 Å². The number of rotatable bonds is 4. The van der Waals surface area contributed by atoms with Crippen molar-refractivity contribution >= 4 is 22.5 Å². The molecule has 0 aliphatic rings. The van der Waals surface area contributed by atoms with Crippen molar-refractivity contribution < 1.29 is 19.4 Å². The van der Waals surface area contributed by atoms with E-state index in [0.29, 0.717) is 10.9 Å². The van der Waals surface area contributed by atoms with Gasteiger partial charge in [0.1, 0.15) is 11.3 Å². The maximum atomic E-state index is 12.3. The fourth-order valence-corrected chi connectivity index (χ4v) is 2.74. The molecule has 0 fully saturated rings. The standard InChI is InChI=1S/C21H18O4/c1-13-7-8-14(2)18(11-13)19(22)12-25-21(24)17-10-9-15-5-3-4-6-16(15)20(17)23/h3-11,23H,12H2,1-2H3. The van der Waals surface area contributed by atoms with E-state index >= 15 is 0 Å². The zero-order chi connectivity index (χ0) is 18.0. The Balaban J connectivity index is 1.78. The Morgan fingerprint density at radius 1 is 0.960 bits per heavy atom. The highest BCUT2D eigenvalue weighted by Crippen LogP contribution is 2.29. The van der Waals surface area contributed by atoms with Crippen LogP contribution in [0.4, 0.5) is 0 Å². The SMILES string of the molecule is Cc1ccc(C)c(C(=O)COC(=O)c2ccc3ccccc3c2O)c1. The molecule has 0 aromatic heterocycles. The van der Waals surface area contributed by atoms with Crippen LogP contribution in [0.2, 0.25) is 0 Å². The third kappa shape index (κ3) is 3.38. The van der Waals surface area contributed by atoms with Gasteiger partial charge in [-0.1, -0.05) is 48.0 Å². The van der Waals surface area contributed by atoms with Crippen molar-refractivity contribution in [3.8, 4) is 5.75 Å². The molecule has 0 amide bonds. The molecule has 1 N–H and O–H groups in total. The summed E-state index contributed by atoms with van der Waals surface area (Å²) >= 11 is 0. The molecular weight excluding hydrogens is 316 g/mol. The van der Waals surface area contributed by atoms with Crippen molar-refractivity contribution in [3.63, 3.8) is 0 Å². The number of ether oxygens (including phenoxy) is 1. The molecule has 0 aliphatic heterocycles. The quantitative estimate of drug-likeness (QED) is 0.574. The number of aryl methyl sites for hydroxylation is 2. The van der Waals surface area contributed by atoms with Crippen molar-refractivity contribution in [1.82, 2.24) is 0 Å². The summed E-state index contributed by atoms with van der Waals surface area (Å²) < 4.78 is 5.12. The number of fused-ring (bicyclic) bond motifs is 1. The molecule has 3 rings (SSSR count). The smallest absolute Gasteiger partial charge is 0.342 e. The summed E-state index contributed by atoms with van der Waals surface area (Å²) in [6.07, 6.45) is 0. The van der Waals surface area contributed by atoms with Gasteiger partial charge in [-0.15, -0.1) is 0 Å². The van der Waals surface area contributed by atoms with Crippen molar-refractivity contribution in [2.75, 3.05) is 6.61 Å². The normalized spacial score (nSPS) is 10.6. The van der Waals surface area contributed by atoms with Crippen LogP contribution in [0.1, 0.15) is 31.8 Å². The van der Waals surface area contributed by atoms with Gasteiger partial charge in [-0.2, -0.15) is 0 Å².